The predicted molar refractivity (Wildman–Crippen MR) is 113 cm³/mol. The number of nitrogens with one attached hydrogen (secondary N) is 1. The molecule has 6 nitrogen and oxygen atoms in total. The van der Waals surface area contributed by atoms with Crippen molar-refractivity contribution in [1.29, 1.82) is 0 Å². The highest BCUT2D eigenvalue weighted by Crippen LogP contribution is 2.17. The molecule has 0 aromatic carbocycles. The topological polar surface area (TPSA) is 92.7 Å². The van der Waals surface area contributed by atoms with Crippen LogP contribution in [0.15, 0.2) is 0 Å². The van der Waals surface area contributed by atoms with Gasteiger partial charge in [-0.05, 0) is 19.3 Å². The number of rotatable bonds is 16. The minimum atomic E-state index is -4.18. The SMILES string of the molecule is CCCCCCCCCCCC(=O)OC(CNC1CCCCC1)CS(=O)(=O)O. The van der Waals surface area contributed by atoms with E-state index in [-0.39, 0.29) is 12.5 Å². The Kier molecular flexibility index (Phi) is 13.8. The van der Waals surface area contributed by atoms with Gasteiger partial charge in [-0.2, -0.15) is 8.42 Å². The van der Waals surface area contributed by atoms with Gasteiger partial charge in [-0.25, -0.2) is 0 Å². The van der Waals surface area contributed by atoms with Crippen molar-refractivity contribution >= 4 is 16.1 Å². The molecule has 1 aliphatic rings. The normalized spacial score (nSPS) is 16.8. The van der Waals surface area contributed by atoms with Gasteiger partial charge in [0.05, 0.1) is 0 Å². The van der Waals surface area contributed by atoms with E-state index in [0.717, 1.165) is 32.1 Å². The molecule has 0 spiro atoms. The molecule has 28 heavy (non-hydrogen) atoms. The maximum atomic E-state index is 12.1. The number of carbonyl (C=O) groups excluding carboxylic acids is 1. The molecule has 0 amide bonds. The third kappa shape index (κ3) is 14.4. The fourth-order valence-electron chi connectivity index (χ4n) is 3.80. The maximum absolute atomic E-state index is 12.1. The van der Waals surface area contributed by atoms with Crippen LogP contribution in [0.2, 0.25) is 0 Å². The minimum absolute atomic E-state index is 0.272. The van der Waals surface area contributed by atoms with Crippen molar-refractivity contribution in [3.8, 4) is 0 Å². The van der Waals surface area contributed by atoms with E-state index in [1.54, 1.807) is 0 Å². The van der Waals surface area contributed by atoms with Gasteiger partial charge >= 0.3 is 5.97 Å². The van der Waals surface area contributed by atoms with Crippen molar-refractivity contribution in [3.05, 3.63) is 0 Å². The molecule has 7 heteroatoms. The Balaban J connectivity index is 2.20. The van der Waals surface area contributed by atoms with Crippen LogP contribution in [0.25, 0.3) is 0 Å². The number of hydrogen-bond donors (Lipinski definition) is 2. The Labute approximate surface area is 171 Å². The summed E-state index contributed by atoms with van der Waals surface area (Å²) in [6, 6.07) is 0.341. The molecule has 0 heterocycles. The number of esters is 1. The van der Waals surface area contributed by atoms with E-state index in [1.165, 1.54) is 57.8 Å². The van der Waals surface area contributed by atoms with E-state index < -0.39 is 22.0 Å². The summed E-state index contributed by atoms with van der Waals surface area (Å²) < 4.78 is 37.0. The fourth-order valence-corrected chi connectivity index (χ4v) is 4.45. The molecule has 0 aromatic rings. The molecule has 0 aliphatic heterocycles. The first-order valence-corrected chi connectivity index (χ1v) is 12.9. The predicted octanol–water partition coefficient (Wildman–Crippen LogP) is 4.63. The Bertz CT molecular complexity index is 503. The van der Waals surface area contributed by atoms with Gasteiger partial charge in [-0.1, -0.05) is 77.6 Å². The standard InChI is InChI=1S/C21H41NO5S/c1-2-3-4-5-6-7-8-9-13-16-21(23)27-20(18-28(24,25)26)17-22-19-14-11-10-12-15-19/h19-20,22H,2-18H2,1H3,(H,24,25,26). The van der Waals surface area contributed by atoms with Crippen LogP contribution in [0.4, 0.5) is 0 Å². The smallest absolute Gasteiger partial charge is 0.306 e. The number of hydrogen-bond acceptors (Lipinski definition) is 5. The monoisotopic (exact) mass is 419 g/mol. The summed E-state index contributed by atoms with van der Waals surface area (Å²) in [4.78, 5) is 12.1. The first kappa shape index (κ1) is 25.4. The highest BCUT2D eigenvalue weighted by atomic mass is 32.2. The molecule has 1 saturated carbocycles. The summed E-state index contributed by atoms with van der Waals surface area (Å²) in [6.45, 7) is 2.49. The molecule has 1 rings (SSSR count). The van der Waals surface area contributed by atoms with Crippen LogP contribution >= 0.6 is 0 Å². The molecule has 1 unspecified atom stereocenters. The molecule has 1 atom stereocenters. The minimum Gasteiger partial charge on any atom is -0.460 e. The van der Waals surface area contributed by atoms with Gasteiger partial charge in [0.25, 0.3) is 10.1 Å². The van der Waals surface area contributed by atoms with Gasteiger partial charge < -0.3 is 10.1 Å². The highest BCUT2D eigenvalue weighted by molar-refractivity contribution is 7.85. The first-order valence-electron chi connectivity index (χ1n) is 11.3. The van der Waals surface area contributed by atoms with E-state index in [2.05, 4.69) is 12.2 Å². The summed E-state index contributed by atoms with van der Waals surface area (Å²) in [5, 5.41) is 3.30. The van der Waals surface area contributed by atoms with E-state index in [1.807, 2.05) is 0 Å². The second-order valence-corrected chi connectivity index (χ2v) is 9.68. The molecule has 0 saturated heterocycles. The van der Waals surface area contributed by atoms with Crippen molar-refractivity contribution in [2.75, 3.05) is 12.3 Å². The molecule has 0 radical (unpaired) electrons. The van der Waals surface area contributed by atoms with E-state index in [4.69, 9.17) is 9.29 Å². The number of ether oxygens (including phenoxy) is 1. The van der Waals surface area contributed by atoms with Crippen LogP contribution < -0.4 is 5.32 Å². The van der Waals surface area contributed by atoms with Crippen LogP contribution in [-0.4, -0.2) is 43.4 Å². The first-order chi connectivity index (χ1) is 13.4. The molecule has 0 bridgehead atoms. The average Bonchev–Trinajstić information content (AvgIpc) is 2.64. The lowest BCUT2D eigenvalue weighted by molar-refractivity contribution is -0.148. The number of unbranched alkanes of at least 4 members (excludes halogenated alkanes) is 8. The second kappa shape index (κ2) is 15.2. The molecule has 166 valence electrons. The third-order valence-electron chi connectivity index (χ3n) is 5.42. The van der Waals surface area contributed by atoms with Gasteiger partial charge in [-0.15, -0.1) is 0 Å². The third-order valence-corrected chi connectivity index (χ3v) is 6.21. The second-order valence-electron chi connectivity index (χ2n) is 8.18. The molecule has 1 aliphatic carbocycles. The highest BCUT2D eigenvalue weighted by Gasteiger charge is 2.23. The van der Waals surface area contributed by atoms with Crippen LogP contribution in [0.1, 0.15) is 103 Å². The van der Waals surface area contributed by atoms with Crippen molar-refractivity contribution in [2.45, 2.75) is 115 Å². The van der Waals surface area contributed by atoms with Crippen molar-refractivity contribution in [3.63, 3.8) is 0 Å². The molecule has 1 fully saturated rings. The Morgan fingerprint density at radius 2 is 1.57 bits per heavy atom. The van der Waals surface area contributed by atoms with Crippen molar-refractivity contribution in [1.82, 2.24) is 5.32 Å². The van der Waals surface area contributed by atoms with E-state index >= 15 is 0 Å². The molecular weight excluding hydrogens is 378 g/mol. The summed E-state index contributed by atoms with van der Waals surface area (Å²) in [5.41, 5.74) is 0. The Morgan fingerprint density at radius 3 is 2.14 bits per heavy atom. The Hall–Kier alpha value is -0.660. The molecule has 2 N–H and O–H groups in total. The zero-order valence-electron chi connectivity index (χ0n) is 17.7. The fraction of sp³-hybridized carbons (Fsp3) is 0.952. The summed E-state index contributed by atoms with van der Waals surface area (Å²) >= 11 is 0. The zero-order valence-corrected chi connectivity index (χ0v) is 18.5. The largest absolute Gasteiger partial charge is 0.460 e. The van der Waals surface area contributed by atoms with Crippen LogP contribution in [0, 0.1) is 0 Å². The molecule has 0 aromatic heterocycles. The van der Waals surface area contributed by atoms with Gasteiger partial charge in [-0.3, -0.25) is 9.35 Å². The molecular formula is C21H41NO5S. The lowest BCUT2D eigenvalue weighted by atomic mass is 9.95. The average molecular weight is 420 g/mol. The van der Waals surface area contributed by atoms with Gasteiger partial charge in [0.1, 0.15) is 11.9 Å². The van der Waals surface area contributed by atoms with E-state index in [0.29, 0.717) is 12.5 Å². The van der Waals surface area contributed by atoms with Crippen molar-refractivity contribution in [2.24, 2.45) is 0 Å². The zero-order chi connectivity index (χ0) is 20.7. The van der Waals surface area contributed by atoms with Crippen LogP contribution in [-0.2, 0) is 19.6 Å². The van der Waals surface area contributed by atoms with Crippen LogP contribution in [0.5, 0.6) is 0 Å². The van der Waals surface area contributed by atoms with Crippen molar-refractivity contribution < 1.29 is 22.5 Å². The van der Waals surface area contributed by atoms with Gasteiger partial charge in [0.15, 0.2) is 0 Å². The lowest BCUT2D eigenvalue weighted by Crippen LogP contribution is -2.41. The van der Waals surface area contributed by atoms with Crippen LogP contribution in [0.3, 0.4) is 0 Å². The maximum Gasteiger partial charge on any atom is 0.306 e. The summed E-state index contributed by atoms with van der Waals surface area (Å²) in [7, 11) is -4.18. The summed E-state index contributed by atoms with van der Waals surface area (Å²) in [6.07, 6.45) is 15.7. The number of carbonyl (C=O) groups is 1. The lowest BCUT2D eigenvalue weighted by Gasteiger charge is -2.25. The Morgan fingerprint density at radius 1 is 1.00 bits per heavy atom. The van der Waals surface area contributed by atoms with Gasteiger partial charge in [0, 0.05) is 19.0 Å². The quantitative estimate of drug-likeness (QED) is 0.215. The van der Waals surface area contributed by atoms with E-state index in [9.17, 15) is 13.2 Å². The summed E-state index contributed by atoms with van der Waals surface area (Å²) in [5.74, 6) is -0.919. The van der Waals surface area contributed by atoms with Gasteiger partial charge in [0.2, 0.25) is 0 Å².